The Kier molecular flexibility index (Phi) is 5.09. The molecule has 0 unspecified atom stereocenters. The van der Waals surface area contributed by atoms with Crippen molar-refractivity contribution in [2.45, 2.75) is 52.1 Å². The molecule has 0 heterocycles. The van der Waals surface area contributed by atoms with E-state index in [1.165, 1.54) is 4.90 Å². The van der Waals surface area contributed by atoms with Crippen molar-refractivity contribution in [3.63, 3.8) is 0 Å². The largest absolute Gasteiger partial charge is 0.380 e. The van der Waals surface area contributed by atoms with E-state index in [1.807, 2.05) is 32.9 Å². The van der Waals surface area contributed by atoms with E-state index in [2.05, 4.69) is 5.32 Å². The zero-order valence-electron chi connectivity index (χ0n) is 14.4. The fourth-order valence-electron chi connectivity index (χ4n) is 3.37. The number of anilines is 1. The van der Waals surface area contributed by atoms with Gasteiger partial charge in [-0.2, -0.15) is 0 Å². The maximum absolute atomic E-state index is 12.3. The lowest BCUT2D eigenvalue weighted by atomic mass is 10.0. The number of aryl methyl sites for hydroxylation is 3. The average Bonchev–Trinajstić information content (AvgIpc) is 2.90. The number of hydrogen-bond donors (Lipinski definition) is 2. The molecule has 1 aromatic carbocycles. The van der Waals surface area contributed by atoms with E-state index in [-0.39, 0.29) is 18.4 Å². The third kappa shape index (κ3) is 3.91. The molecule has 0 radical (unpaired) electrons. The number of hydrogen-bond acceptors (Lipinski definition) is 3. The summed E-state index contributed by atoms with van der Waals surface area (Å²) >= 11 is 0. The Labute approximate surface area is 137 Å². The fraction of sp³-hybridized carbons (Fsp3) is 0.556. The summed E-state index contributed by atoms with van der Waals surface area (Å²) in [5.41, 5.74) is 2.65. The molecule has 0 aromatic heterocycles. The Hall–Kier alpha value is -1.88. The van der Waals surface area contributed by atoms with Crippen LogP contribution in [0, 0.1) is 20.8 Å². The predicted octanol–water partition coefficient (Wildman–Crippen LogP) is 2.31. The van der Waals surface area contributed by atoms with E-state index in [9.17, 15) is 14.7 Å². The number of likely N-dealkylation sites (N-methyl/N-ethyl adjacent to an activating group) is 1. The Morgan fingerprint density at radius 2 is 1.70 bits per heavy atom. The second-order valence-electron chi connectivity index (χ2n) is 6.72. The van der Waals surface area contributed by atoms with Crippen molar-refractivity contribution in [1.29, 1.82) is 0 Å². The molecular weight excluding hydrogens is 292 g/mol. The number of rotatable bonds is 4. The van der Waals surface area contributed by atoms with Gasteiger partial charge in [-0.1, -0.05) is 17.7 Å². The number of aliphatic hydroxyl groups is 1. The van der Waals surface area contributed by atoms with Crippen molar-refractivity contribution in [3.05, 3.63) is 28.8 Å². The van der Waals surface area contributed by atoms with Gasteiger partial charge in [0.25, 0.3) is 5.91 Å². The number of nitrogens with one attached hydrogen (secondary N) is 1. The van der Waals surface area contributed by atoms with Crippen molar-refractivity contribution in [2.75, 3.05) is 18.9 Å². The highest BCUT2D eigenvalue weighted by Gasteiger charge is 2.40. The Morgan fingerprint density at radius 3 is 2.22 bits per heavy atom. The molecule has 23 heavy (non-hydrogen) atoms. The number of carbonyl (C=O) groups is 2. The first-order valence-electron chi connectivity index (χ1n) is 8.08. The maximum Gasteiger partial charge on any atom is 0.254 e. The molecule has 0 aliphatic heterocycles. The van der Waals surface area contributed by atoms with Crippen molar-refractivity contribution in [2.24, 2.45) is 0 Å². The first kappa shape index (κ1) is 17.5. The summed E-state index contributed by atoms with van der Waals surface area (Å²) in [4.78, 5) is 25.9. The van der Waals surface area contributed by atoms with Crippen LogP contribution in [0.2, 0.25) is 0 Å². The second-order valence-corrected chi connectivity index (χ2v) is 6.72. The highest BCUT2D eigenvalue weighted by atomic mass is 16.3. The van der Waals surface area contributed by atoms with Gasteiger partial charge in [-0.05, 0) is 57.6 Å². The van der Waals surface area contributed by atoms with Gasteiger partial charge < -0.3 is 15.3 Å². The van der Waals surface area contributed by atoms with Crippen LogP contribution in [-0.2, 0) is 9.59 Å². The predicted molar refractivity (Wildman–Crippen MR) is 90.3 cm³/mol. The molecule has 2 N–H and O–H groups in total. The van der Waals surface area contributed by atoms with Crippen LogP contribution in [0.1, 0.15) is 42.4 Å². The Balaban J connectivity index is 2.01. The average molecular weight is 318 g/mol. The highest BCUT2D eigenvalue weighted by molar-refractivity contribution is 5.96. The zero-order chi connectivity index (χ0) is 17.2. The third-order valence-corrected chi connectivity index (χ3v) is 4.50. The summed E-state index contributed by atoms with van der Waals surface area (Å²) in [6.07, 6.45) is 2.66. The molecule has 126 valence electrons. The molecule has 0 bridgehead atoms. The highest BCUT2D eigenvalue weighted by Crippen LogP contribution is 2.31. The van der Waals surface area contributed by atoms with Crippen LogP contribution < -0.4 is 5.32 Å². The SMILES string of the molecule is Cc1cc(C)c(NC(=O)CN(C)C(=O)C2(O)CCCC2)c(C)c1. The number of benzene rings is 1. The van der Waals surface area contributed by atoms with E-state index >= 15 is 0 Å². The van der Waals surface area contributed by atoms with Crippen molar-refractivity contribution >= 4 is 17.5 Å². The molecular formula is C18H26N2O3. The summed E-state index contributed by atoms with van der Waals surface area (Å²) in [6, 6.07) is 4.03. The number of nitrogens with zero attached hydrogens (tertiary/aromatic N) is 1. The summed E-state index contributed by atoms with van der Waals surface area (Å²) in [5.74, 6) is -0.611. The lowest BCUT2D eigenvalue weighted by molar-refractivity contribution is -0.150. The van der Waals surface area contributed by atoms with Gasteiger partial charge in [0.15, 0.2) is 0 Å². The summed E-state index contributed by atoms with van der Waals surface area (Å²) in [6.45, 7) is 5.85. The molecule has 1 saturated carbocycles. The molecule has 1 aliphatic carbocycles. The van der Waals surface area contributed by atoms with E-state index in [0.717, 1.165) is 35.2 Å². The molecule has 0 atom stereocenters. The van der Waals surface area contributed by atoms with Gasteiger partial charge in [0, 0.05) is 12.7 Å². The quantitative estimate of drug-likeness (QED) is 0.895. The number of carbonyl (C=O) groups excluding carboxylic acids is 2. The van der Waals surface area contributed by atoms with Crippen LogP contribution in [0.15, 0.2) is 12.1 Å². The van der Waals surface area contributed by atoms with E-state index in [1.54, 1.807) is 7.05 Å². The van der Waals surface area contributed by atoms with Crippen molar-refractivity contribution in [1.82, 2.24) is 4.90 Å². The molecule has 0 spiro atoms. The summed E-state index contributed by atoms with van der Waals surface area (Å²) in [7, 11) is 1.56. The van der Waals surface area contributed by atoms with Gasteiger partial charge in [-0.25, -0.2) is 0 Å². The molecule has 1 fully saturated rings. The molecule has 5 heteroatoms. The Morgan fingerprint density at radius 1 is 1.17 bits per heavy atom. The topological polar surface area (TPSA) is 69.6 Å². The lowest BCUT2D eigenvalue weighted by Gasteiger charge is -2.27. The van der Waals surface area contributed by atoms with E-state index in [4.69, 9.17) is 0 Å². The van der Waals surface area contributed by atoms with Crippen LogP contribution in [0.5, 0.6) is 0 Å². The van der Waals surface area contributed by atoms with Crippen molar-refractivity contribution in [3.8, 4) is 0 Å². The van der Waals surface area contributed by atoms with Crippen LogP contribution in [-0.4, -0.2) is 41.0 Å². The van der Waals surface area contributed by atoms with Gasteiger partial charge in [0.1, 0.15) is 5.60 Å². The van der Waals surface area contributed by atoms with E-state index < -0.39 is 5.60 Å². The number of amides is 2. The third-order valence-electron chi connectivity index (χ3n) is 4.50. The van der Waals surface area contributed by atoms with Gasteiger partial charge >= 0.3 is 0 Å². The fourth-order valence-corrected chi connectivity index (χ4v) is 3.37. The maximum atomic E-state index is 12.3. The molecule has 2 rings (SSSR count). The van der Waals surface area contributed by atoms with Crippen LogP contribution in [0.25, 0.3) is 0 Å². The Bertz CT molecular complexity index is 596. The minimum Gasteiger partial charge on any atom is -0.380 e. The van der Waals surface area contributed by atoms with Crippen molar-refractivity contribution < 1.29 is 14.7 Å². The van der Waals surface area contributed by atoms with Gasteiger partial charge in [-0.3, -0.25) is 9.59 Å². The minimum absolute atomic E-state index is 0.0616. The monoisotopic (exact) mass is 318 g/mol. The second kappa shape index (κ2) is 6.71. The lowest BCUT2D eigenvalue weighted by Crippen LogP contribution is -2.48. The molecule has 1 aliphatic rings. The summed E-state index contributed by atoms with van der Waals surface area (Å²) in [5, 5.41) is 13.2. The normalized spacial score (nSPS) is 16.2. The zero-order valence-corrected chi connectivity index (χ0v) is 14.4. The molecule has 5 nitrogen and oxygen atoms in total. The smallest absolute Gasteiger partial charge is 0.254 e. The van der Waals surface area contributed by atoms with Crippen LogP contribution in [0.3, 0.4) is 0 Å². The van der Waals surface area contributed by atoms with E-state index in [0.29, 0.717) is 12.8 Å². The summed E-state index contributed by atoms with van der Waals surface area (Å²) < 4.78 is 0. The molecule has 1 aromatic rings. The van der Waals surface area contributed by atoms with Crippen LogP contribution >= 0.6 is 0 Å². The molecule has 2 amide bonds. The van der Waals surface area contributed by atoms with Gasteiger partial charge in [0.05, 0.1) is 6.54 Å². The standard InChI is InChI=1S/C18H26N2O3/c1-12-9-13(2)16(14(3)10-12)19-15(21)11-20(4)17(22)18(23)7-5-6-8-18/h9-10,23H,5-8,11H2,1-4H3,(H,19,21). The first-order valence-corrected chi connectivity index (χ1v) is 8.08. The molecule has 0 saturated heterocycles. The van der Waals surface area contributed by atoms with Crippen LogP contribution in [0.4, 0.5) is 5.69 Å². The van der Waals surface area contributed by atoms with Gasteiger partial charge in [0.2, 0.25) is 5.91 Å². The first-order chi connectivity index (χ1) is 10.7. The van der Waals surface area contributed by atoms with Gasteiger partial charge in [-0.15, -0.1) is 0 Å². The minimum atomic E-state index is -1.29.